The van der Waals surface area contributed by atoms with Crippen molar-refractivity contribution in [2.24, 2.45) is 0 Å². The van der Waals surface area contributed by atoms with Gasteiger partial charge in [-0.25, -0.2) is 0 Å². The van der Waals surface area contributed by atoms with Gasteiger partial charge in [0.1, 0.15) is 5.76 Å². The Morgan fingerprint density at radius 1 is 0.882 bits per heavy atom. The molecule has 1 heteroatoms. The molecule has 0 radical (unpaired) electrons. The number of hydrogen-bond acceptors (Lipinski definition) is 1. The number of rotatable bonds is 1. The summed E-state index contributed by atoms with van der Waals surface area (Å²) in [6.07, 6.45) is 3.09. The lowest BCUT2D eigenvalue weighted by atomic mass is 10.00. The Kier molecular flexibility index (Phi) is 2.45. The van der Waals surface area contributed by atoms with E-state index in [4.69, 9.17) is 4.74 Å². The third kappa shape index (κ3) is 1.74. The summed E-state index contributed by atoms with van der Waals surface area (Å²) in [5, 5.41) is 0. The number of methoxy groups -OCH3 is 1. The lowest BCUT2D eigenvalue weighted by Gasteiger charge is -2.08. The van der Waals surface area contributed by atoms with Crippen molar-refractivity contribution >= 4 is 11.8 Å². The van der Waals surface area contributed by atoms with Crippen LogP contribution in [-0.4, -0.2) is 7.11 Å². The molecule has 2 aromatic rings. The molecule has 0 amide bonds. The van der Waals surface area contributed by atoms with Crippen molar-refractivity contribution in [1.29, 1.82) is 0 Å². The molecular formula is C16H14O. The molecule has 0 heterocycles. The van der Waals surface area contributed by atoms with E-state index in [9.17, 15) is 0 Å². The lowest BCUT2D eigenvalue weighted by molar-refractivity contribution is 0.372. The minimum absolute atomic E-state index is 0.950. The molecule has 0 aromatic heterocycles. The third-order valence-corrected chi connectivity index (χ3v) is 3.23. The van der Waals surface area contributed by atoms with Gasteiger partial charge in [-0.2, -0.15) is 0 Å². The maximum absolute atomic E-state index is 5.52. The van der Waals surface area contributed by atoms with Crippen molar-refractivity contribution < 1.29 is 4.74 Å². The van der Waals surface area contributed by atoms with E-state index in [0.29, 0.717) is 0 Å². The van der Waals surface area contributed by atoms with Crippen LogP contribution in [-0.2, 0) is 11.2 Å². The quantitative estimate of drug-likeness (QED) is 0.714. The molecule has 0 fully saturated rings. The van der Waals surface area contributed by atoms with Crippen LogP contribution in [0, 0.1) is 0 Å². The number of hydrogen-bond donors (Lipinski definition) is 0. The molecule has 0 saturated carbocycles. The van der Waals surface area contributed by atoms with Crippen LogP contribution in [0.3, 0.4) is 0 Å². The molecule has 0 unspecified atom stereocenters. The largest absolute Gasteiger partial charge is 0.496 e. The Balaban J connectivity index is 2.24. The van der Waals surface area contributed by atoms with Gasteiger partial charge in [-0.1, -0.05) is 48.5 Å². The van der Waals surface area contributed by atoms with Crippen LogP contribution >= 0.6 is 0 Å². The van der Waals surface area contributed by atoms with E-state index in [2.05, 4.69) is 54.6 Å². The SMILES string of the molecule is COC1=Cc2ccccc2Cc2ccccc21. The monoisotopic (exact) mass is 222 g/mol. The first-order chi connectivity index (χ1) is 8.38. The van der Waals surface area contributed by atoms with Crippen LogP contribution in [0.1, 0.15) is 22.3 Å². The van der Waals surface area contributed by atoms with Crippen LogP contribution in [0.15, 0.2) is 48.5 Å². The molecule has 0 bridgehead atoms. The average Bonchev–Trinajstić information content (AvgIpc) is 2.54. The molecule has 1 aliphatic carbocycles. The first kappa shape index (κ1) is 10.2. The number of fused-ring (bicyclic) bond motifs is 2. The van der Waals surface area contributed by atoms with E-state index >= 15 is 0 Å². The topological polar surface area (TPSA) is 9.23 Å². The van der Waals surface area contributed by atoms with E-state index in [1.807, 2.05) is 0 Å². The van der Waals surface area contributed by atoms with Crippen LogP contribution in [0.4, 0.5) is 0 Å². The Hall–Kier alpha value is -2.02. The predicted octanol–water partition coefficient (Wildman–Crippen LogP) is 3.74. The molecule has 0 saturated heterocycles. The molecule has 84 valence electrons. The zero-order chi connectivity index (χ0) is 11.7. The summed E-state index contributed by atoms with van der Waals surface area (Å²) in [5.41, 5.74) is 5.13. The maximum Gasteiger partial charge on any atom is 0.126 e. The fourth-order valence-electron chi connectivity index (χ4n) is 2.34. The molecule has 0 spiro atoms. The van der Waals surface area contributed by atoms with Crippen LogP contribution < -0.4 is 0 Å². The predicted molar refractivity (Wildman–Crippen MR) is 70.6 cm³/mol. The summed E-state index contributed by atoms with van der Waals surface area (Å²) in [6.45, 7) is 0. The van der Waals surface area contributed by atoms with Gasteiger partial charge in [0.05, 0.1) is 7.11 Å². The normalized spacial score (nSPS) is 13.1. The van der Waals surface area contributed by atoms with Gasteiger partial charge in [0.25, 0.3) is 0 Å². The highest BCUT2D eigenvalue weighted by molar-refractivity contribution is 5.81. The molecule has 0 aliphatic heterocycles. The van der Waals surface area contributed by atoms with Crippen molar-refractivity contribution in [2.75, 3.05) is 7.11 Å². The van der Waals surface area contributed by atoms with E-state index in [-0.39, 0.29) is 0 Å². The van der Waals surface area contributed by atoms with Crippen molar-refractivity contribution in [3.63, 3.8) is 0 Å². The molecule has 3 rings (SSSR count). The molecular weight excluding hydrogens is 208 g/mol. The van der Waals surface area contributed by atoms with Crippen LogP contribution in [0.5, 0.6) is 0 Å². The summed E-state index contributed by atoms with van der Waals surface area (Å²) >= 11 is 0. The minimum Gasteiger partial charge on any atom is -0.496 e. The summed E-state index contributed by atoms with van der Waals surface area (Å²) < 4.78 is 5.52. The van der Waals surface area contributed by atoms with Crippen molar-refractivity contribution in [2.45, 2.75) is 6.42 Å². The highest BCUT2D eigenvalue weighted by Gasteiger charge is 2.14. The Labute approximate surface area is 101 Å². The van der Waals surface area contributed by atoms with Gasteiger partial charge < -0.3 is 4.74 Å². The minimum atomic E-state index is 0.950. The van der Waals surface area contributed by atoms with Gasteiger partial charge in [-0.15, -0.1) is 0 Å². The van der Waals surface area contributed by atoms with Gasteiger partial charge in [0.2, 0.25) is 0 Å². The Bertz CT molecular complexity index is 582. The van der Waals surface area contributed by atoms with Crippen molar-refractivity contribution in [1.82, 2.24) is 0 Å². The first-order valence-corrected chi connectivity index (χ1v) is 5.80. The number of benzene rings is 2. The lowest BCUT2D eigenvalue weighted by Crippen LogP contribution is -1.93. The second kappa shape index (κ2) is 4.10. The van der Waals surface area contributed by atoms with Gasteiger partial charge >= 0.3 is 0 Å². The van der Waals surface area contributed by atoms with E-state index in [1.54, 1.807) is 7.11 Å². The fourth-order valence-corrected chi connectivity index (χ4v) is 2.34. The molecule has 1 aliphatic rings. The molecule has 2 aromatic carbocycles. The maximum atomic E-state index is 5.52. The fraction of sp³-hybridized carbons (Fsp3) is 0.125. The van der Waals surface area contributed by atoms with Gasteiger partial charge in [0.15, 0.2) is 0 Å². The smallest absolute Gasteiger partial charge is 0.126 e. The highest BCUT2D eigenvalue weighted by atomic mass is 16.5. The molecule has 17 heavy (non-hydrogen) atoms. The second-order valence-electron chi connectivity index (χ2n) is 4.25. The van der Waals surface area contributed by atoms with Crippen LogP contribution in [0.2, 0.25) is 0 Å². The van der Waals surface area contributed by atoms with Gasteiger partial charge in [-0.3, -0.25) is 0 Å². The molecule has 0 atom stereocenters. The zero-order valence-corrected chi connectivity index (χ0v) is 9.81. The zero-order valence-electron chi connectivity index (χ0n) is 9.81. The Morgan fingerprint density at radius 2 is 1.59 bits per heavy atom. The highest BCUT2D eigenvalue weighted by Crippen LogP contribution is 2.30. The third-order valence-electron chi connectivity index (χ3n) is 3.23. The Morgan fingerprint density at radius 3 is 2.41 bits per heavy atom. The second-order valence-corrected chi connectivity index (χ2v) is 4.25. The summed E-state index contributed by atoms with van der Waals surface area (Å²) in [6, 6.07) is 16.9. The van der Waals surface area contributed by atoms with E-state index in [0.717, 1.165) is 12.2 Å². The summed E-state index contributed by atoms with van der Waals surface area (Å²) in [7, 11) is 1.73. The summed E-state index contributed by atoms with van der Waals surface area (Å²) in [5.74, 6) is 0.950. The summed E-state index contributed by atoms with van der Waals surface area (Å²) in [4.78, 5) is 0. The average molecular weight is 222 g/mol. The van der Waals surface area contributed by atoms with Crippen molar-refractivity contribution in [3.8, 4) is 0 Å². The van der Waals surface area contributed by atoms with E-state index < -0.39 is 0 Å². The van der Waals surface area contributed by atoms with Crippen LogP contribution in [0.25, 0.3) is 11.8 Å². The van der Waals surface area contributed by atoms with E-state index in [1.165, 1.54) is 22.3 Å². The first-order valence-electron chi connectivity index (χ1n) is 5.80. The van der Waals surface area contributed by atoms with Crippen molar-refractivity contribution in [3.05, 3.63) is 70.8 Å². The van der Waals surface area contributed by atoms with Gasteiger partial charge in [0, 0.05) is 5.56 Å². The van der Waals surface area contributed by atoms with Gasteiger partial charge in [-0.05, 0) is 29.2 Å². The molecule has 1 nitrogen and oxygen atoms in total. The standard InChI is InChI=1S/C16H14O/c1-17-16-11-13-7-3-2-6-12(13)10-14-8-4-5-9-15(14)16/h2-9,11H,10H2,1H3. The number of ether oxygens (including phenoxy) is 1. The molecule has 0 N–H and O–H groups in total.